The molecule has 2 aromatic rings. The average molecular weight is 488 g/mol. The molecule has 0 aliphatic heterocycles. The molecule has 186 valence electrons. The zero-order valence-corrected chi connectivity index (χ0v) is 21.7. The number of anilines is 1. The molecule has 0 saturated heterocycles. The van der Waals surface area contributed by atoms with Crippen LogP contribution in [0.25, 0.3) is 0 Å². The van der Waals surface area contributed by atoms with Crippen LogP contribution < -0.4 is 9.62 Å². The number of hydrogen-bond acceptors (Lipinski definition) is 4. The monoisotopic (exact) mass is 487 g/mol. The lowest BCUT2D eigenvalue weighted by Gasteiger charge is -2.31. The molecular weight excluding hydrogens is 450 g/mol. The van der Waals surface area contributed by atoms with Gasteiger partial charge in [-0.05, 0) is 56.9 Å². The summed E-state index contributed by atoms with van der Waals surface area (Å²) in [6.45, 7) is 8.63. The van der Waals surface area contributed by atoms with Gasteiger partial charge >= 0.3 is 0 Å². The van der Waals surface area contributed by atoms with E-state index < -0.39 is 16.1 Å². The molecule has 34 heavy (non-hydrogen) atoms. The lowest BCUT2D eigenvalue weighted by Crippen LogP contribution is -2.49. The Balaban J connectivity index is 2.19. The van der Waals surface area contributed by atoms with Crippen LogP contribution >= 0.6 is 0 Å². The third kappa shape index (κ3) is 7.87. The van der Waals surface area contributed by atoms with E-state index in [1.807, 2.05) is 70.2 Å². The highest BCUT2D eigenvalue weighted by molar-refractivity contribution is 7.92. The van der Waals surface area contributed by atoms with Crippen molar-refractivity contribution >= 4 is 27.5 Å². The Kier molecular flexibility index (Phi) is 10.1. The first-order valence-electron chi connectivity index (χ1n) is 11.7. The first kappa shape index (κ1) is 27.4. The molecule has 2 aromatic carbocycles. The fourth-order valence-corrected chi connectivity index (χ4v) is 4.85. The van der Waals surface area contributed by atoms with Gasteiger partial charge in [-0.1, -0.05) is 48.9 Å². The summed E-state index contributed by atoms with van der Waals surface area (Å²) >= 11 is 0. The van der Waals surface area contributed by atoms with Gasteiger partial charge in [0, 0.05) is 26.1 Å². The number of nitrogens with one attached hydrogen (secondary N) is 1. The molecule has 0 radical (unpaired) electrons. The van der Waals surface area contributed by atoms with Gasteiger partial charge in [-0.25, -0.2) is 8.42 Å². The van der Waals surface area contributed by atoms with E-state index in [4.69, 9.17) is 0 Å². The number of sulfonamides is 1. The van der Waals surface area contributed by atoms with E-state index in [2.05, 4.69) is 5.32 Å². The van der Waals surface area contributed by atoms with Crippen molar-refractivity contribution in [3.63, 3.8) is 0 Å². The Morgan fingerprint density at radius 1 is 1.00 bits per heavy atom. The minimum Gasteiger partial charge on any atom is -0.355 e. The number of nitrogens with zero attached hydrogens (tertiary/aromatic N) is 2. The zero-order chi connectivity index (χ0) is 25.3. The molecule has 0 aliphatic carbocycles. The highest BCUT2D eigenvalue weighted by atomic mass is 32.2. The first-order valence-corrected chi connectivity index (χ1v) is 13.6. The SMILES string of the molecule is CCNC(=O)[C@@H](CC)N(Cc1ccc(C)cc1)C(=O)CCCN(c1cccc(C)c1)S(C)(=O)=O. The van der Waals surface area contributed by atoms with Gasteiger partial charge < -0.3 is 10.2 Å². The van der Waals surface area contributed by atoms with Crippen LogP contribution in [0.3, 0.4) is 0 Å². The molecule has 8 heteroatoms. The summed E-state index contributed by atoms with van der Waals surface area (Å²) in [7, 11) is -3.50. The molecule has 0 unspecified atom stereocenters. The van der Waals surface area contributed by atoms with Gasteiger partial charge in [-0.15, -0.1) is 0 Å². The number of amides is 2. The van der Waals surface area contributed by atoms with E-state index in [-0.39, 0.29) is 24.8 Å². The Morgan fingerprint density at radius 2 is 1.68 bits per heavy atom. The second-order valence-corrected chi connectivity index (χ2v) is 10.5. The van der Waals surface area contributed by atoms with Crippen LogP contribution in [-0.4, -0.2) is 50.5 Å². The maximum absolute atomic E-state index is 13.3. The summed E-state index contributed by atoms with van der Waals surface area (Å²) in [6, 6.07) is 14.6. The van der Waals surface area contributed by atoms with Gasteiger partial charge in [0.25, 0.3) is 0 Å². The van der Waals surface area contributed by atoms with E-state index in [1.165, 1.54) is 10.6 Å². The third-order valence-electron chi connectivity index (χ3n) is 5.65. The zero-order valence-electron chi connectivity index (χ0n) is 20.9. The number of hydrogen-bond donors (Lipinski definition) is 1. The van der Waals surface area contributed by atoms with Crippen molar-refractivity contribution in [3.8, 4) is 0 Å². The molecular formula is C26H37N3O4S. The number of rotatable bonds is 12. The molecule has 0 saturated carbocycles. The van der Waals surface area contributed by atoms with Crippen molar-refractivity contribution in [2.24, 2.45) is 0 Å². The summed E-state index contributed by atoms with van der Waals surface area (Å²) in [5, 5.41) is 2.83. The lowest BCUT2D eigenvalue weighted by atomic mass is 10.1. The van der Waals surface area contributed by atoms with Gasteiger partial charge in [0.1, 0.15) is 6.04 Å². The van der Waals surface area contributed by atoms with Crippen LogP contribution in [0, 0.1) is 13.8 Å². The van der Waals surface area contributed by atoms with Crippen molar-refractivity contribution < 1.29 is 18.0 Å². The maximum Gasteiger partial charge on any atom is 0.242 e. The van der Waals surface area contributed by atoms with Gasteiger partial charge in [-0.2, -0.15) is 0 Å². The molecule has 0 bridgehead atoms. The number of carbonyl (C=O) groups excluding carboxylic acids is 2. The highest BCUT2D eigenvalue weighted by Gasteiger charge is 2.28. The van der Waals surface area contributed by atoms with E-state index in [1.54, 1.807) is 11.0 Å². The number of carbonyl (C=O) groups is 2. The van der Waals surface area contributed by atoms with Gasteiger partial charge in [0.2, 0.25) is 21.8 Å². The number of benzene rings is 2. The fraction of sp³-hybridized carbons (Fsp3) is 0.462. The van der Waals surface area contributed by atoms with E-state index in [0.29, 0.717) is 31.6 Å². The molecule has 2 amide bonds. The second kappa shape index (κ2) is 12.6. The normalized spacial score (nSPS) is 12.1. The molecule has 1 atom stereocenters. The Morgan fingerprint density at radius 3 is 2.24 bits per heavy atom. The lowest BCUT2D eigenvalue weighted by molar-refractivity contribution is -0.141. The predicted molar refractivity (Wildman–Crippen MR) is 137 cm³/mol. The third-order valence-corrected chi connectivity index (χ3v) is 6.85. The van der Waals surface area contributed by atoms with Crippen molar-refractivity contribution in [1.29, 1.82) is 0 Å². The molecule has 0 heterocycles. The van der Waals surface area contributed by atoms with Crippen molar-refractivity contribution in [1.82, 2.24) is 10.2 Å². The highest BCUT2D eigenvalue weighted by Crippen LogP contribution is 2.20. The first-order chi connectivity index (χ1) is 16.1. The Bertz CT molecular complexity index is 1070. The van der Waals surface area contributed by atoms with Crippen molar-refractivity contribution in [3.05, 3.63) is 65.2 Å². The van der Waals surface area contributed by atoms with E-state index in [9.17, 15) is 18.0 Å². The summed E-state index contributed by atoms with van der Waals surface area (Å²) in [6.07, 6.45) is 2.14. The largest absolute Gasteiger partial charge is 0.355 e. The van der Waals surface area contributed by atoms with Gasteiger partial charge in [0.15, 0.2) is 0 Å². The fourth-order valence-electron chi connectivity index (χ4n) is 3.89. The van der Waals surface area contributed by atoms with Crippen LogP contribution in [0.15, 0.2) is 48.5 Å². The number of aryl methyl sites for hydroxylation is 2. The molecule has 0 spiro atoms. The standard InChI is InChI=1S/C26H37N3O4S/c1-6-24(26(31)27-7-2)28(19-22-15-13-20(3)14-16-22)25(30)12-9-17-29(34(5,32)33)23-11-8-10-21(4)18-23/h8,10-11,13-16,18,24H,6-7,9,12,17,19H2,1-5H3,(H,27,31)/t24-/m1/s1. The Hall–Kier alpha value is -2.87. The molecule has 0 aromatic heterocycles. The Labute approximate surface area is 204 Å². The molecule has 2 rings (SSSR count). The topological polar surface area (TPSA) is 86.8 Å². The van der Waals surface area contributed by atoms with Crippen LogP contribution in [0.5, 0.6) is 0 Å². The van der Waals surface area contributed by atoms with Crippen LogP contribution in [0.4, 0.5) is 5.69 Å². The molecule has 0 fully saturated rings. The quantitative estimate of drug-likeness (QED) is 0.493. The minimum atomic E-state index is -3.50. The van der Waals surface area contributed by atoms with Gasteiger partial charge in [0.05, 0.1) is 11.9 Å². The van der Waals surface area contributed by atoms with Crippen LogP contribution in [0.1, 0.15) is 49.8 Å². The average Bonchev–Trinajstić information content (AvgIpc) is 2.77. The van der Waals surface area contributed by atoms with E-state index in [0.717, 1.165) is 16.7 Å². The number of likely N-dealkylation sites (N-methyl/N-ethyl adjacent to an activating group) is 1. The van der Waals surface area contributed by atoms with Gasteiger partial charge in [-0.3, -0.25) is 13.9 Å². The minimum absolute atomic E-state index is 0.138. The predicted octanol–water partition coefficient (Wildman–Crippen LogP) is 3.79. The molecule has 1 N–H and O–H groups in total. The summed E-state index contributed by atoms with van der Waals surface area (Å²) in [4.78, 5) is 27.6. The van der Waals surface area contributed by atoms with Crippen molar-refractivity contribution in [2.75, 3.05) is 23.7 Å². The summed E-state index contributed by atoms with van der Waals surface area (Å²) < 4.78 is 26.2. The maximum atomic E-state index is 13.3. The van der Waals surface area contributed by atoms with E-state index >= 15 is 0 Å². The van der Waals surface area contributed by atoms with Crippen LogP contribution in [-0.2, 0) is 26.2 Å². The summed E-state index contributed by atoms with van der Waals surface area (Å²) in [5.41, 5.74) is 3.60. The second-order valence-electron chi connectivity index (χ2n) is 8.60. The summed E-state index contributed by atoms with van der Waals surface area (Å²) in [5.74, 6) is -0.348. The van der Waals surface area contributed by atoms with Crippen molar-refractivity contribution in [2.45, 2.75) is 59.5 Å². The molecule has 0 aliphatic rings. The van der Waals surface area contributed by atoms with Crippen LogP contribution in [0.2, 0.25) is 0 Å². The molecule has 7 nitrogen and oxygen atoms in total. The smallest absolute Gasteiger partial charge is 0.242 e.